The predicted octanol–water partition coefficient (Wildman–Crippen LogP) is 3.19. The second kappa shape index (κ2) is 8.42. The first kappa shape index (κ1) is 17.9. The van der Waals surface area contributed by atoms with Gasteiger partial charge in [-0.15, -0.1) is 5.10 Å². The van der Waals surface area contributed by atoms with Crippen LogP contribution in [-0.4, -0.2) is 19.3 Å². The van der Waals surface area contributed by atoms with Crippen LogP contribution >= 0.6 is 23.2 Å². The number of nitrogens with two attached hydrogens (primary N) is 2. The Hall–Kier alpha value is -2.44. The molecule has 0 atom stereocenters. The van der Waals surface area contributed by atoms with Gasteiger partial charge in [0.25, 0.3) is 0 Å². The van der Waals surface area contributed by atoms with Crippen molar-refractivity contribution in [1.29, 1.82) is 0 Å². The molecular weight excluding hydrogens is 351 g/mol. The first-order valence-corrected chi connectivity index (χ1v) is 7.62. The van der Waals surface area contributed by atoms with Gasteiger partial charge in [0.2, 0.25) is 5.96 Å². The summed E-state index contributed by atoms with van der Waals surface area (Å²) in [6.45, 7) is 0.328. The van der Waals surface area contributed by atoms with Gasteiger partial charge in [-0.05, 0) is 41.5 Å². The van der Waals surface area contributed by atoms with E-state index in [1.807, 2.05) is 6.07 Å². The van der Waals surface area contributed by atoms with Crippen LogP contribution in [-0.2, 0) is 6.61 Å². The third-order valence-electron chi connectivity index (χ3n) is 2.95. The Kier molecular flexibility index (Phi) is 6.28. The molecule has 0 amide bonds. The van der Waals surface area contributed by atoms with Gasteiger partial charge >= 0.3 is 0 Å². The van der Waals surface area contributed by atoms with E-state index in [4.69, 9.17) is 44.1 Å². The number of nitrogens with zero attached hydrogens (tertiary/aromatic N) is 2. The normalized spacial score (nSPS) is 10.6. The molecule has 8 heteroatoms. The SMILES string of the molecule is COc1cc(/C=N/N=C(N)N)ccc1OCc1ccc(Cl)c(Cl)c1. The van der Waals surface area contributed by atoms with Crippen LogP contribution in [0.5, 0.6) is 11.5 Å². The van der Waals surface area contributed by atoms with Crippen molar-refractivity contribution in [3.63, 3.8) is 0 Å². The molecule has 0 spiro atoms. The van der Waals surface area contributed by atoms with E-state index in [-0.39, 0.29) is 5.96 Å². The summed E-state index contributed by atoms with van der Waals surface area (Å²) in [6, 6.07) is 10.7. The molecule has 2 aromatic carbocycles. The van der Waals surface area contributed by atoms with Crippen LogP contribution in [0, 0.1) is 0 Å². The lowest BCUT2D eigenvalue weighted by Gasteiger charge is -2.11. The monoisotopic (exact) mass is 366 g/mol. The van der Waals surface area contributed by atoms with Crippen LogP contribution in [0.1, 0.15) is 11.1 Å². The molecule has 0 fully saturated rings. The number of guanidine groups is 1. The molecule has 0 saturated carbocycles. The van der Waals surface area contributed by atoms with Crippen molar-refractivity contribution in [2.24, 2.45) is 21.7 Å². The molecule has 0 aliphatic heterocycles. The summed E-state index contributed by atoms with van der Waals surface area (Å²) in [5.74, 6) is 1.03. The van der Waals surface area contributed by atoms with Gasteiger partial charge in [0.05, 0.1) is 23.4 Å². The van der Waals surface area contributed by atoms with Gasteiger partial charge in [0.15, 0.2) is 11.5 Å². The quantitative estimate of drug-likeness (QED) is 0.466. The number of halogens is 2. The molecule has 0 radical (unpaired) electrons. The molecular formula is C16H16Cl2N4O2. The van der Waals surface area contributed by atoms with Crippen molar-refractivity contribution in [2.75, 3.05) is 7.11 Å². The van der Waals surface area contributed by atoms with Crippen LogP contribution in [0.15, 0.2) is 46.6 Å². The van der Waals surface area contributed by atoms with E-state index in [1.165, 1.54) is 6.21 Å². The van der Waals surface area contributed by atoms with E-state index < -0.39 is 0 Å². The van der Waals surface area contributed by atoms with E-state index in [0.29, 0.717) is 28.2 Å². The Labute approximate surface area is 149 Å². The van der Waals surface area contributed by atoms with Crippen molar-refractivity contribution in [3.8, 4) is 11.5 Å². The number of ether oxygens (including phenoxy) is 2. The Morgan fingerprint density at radius 3 is 2.54 bits per heavy atom. The van der Waals surface area contributed by atoms with Crippen molar-refractivity contribution in [2.45, 2.75) is 6.61 Å². The van der Waals surface area contributed by atoms with Gasteiger partial charge in [-0.2, -0.15) is 5.10 Å². The van der Waals surface area contributed by atoms with Crippen LogP contribution in [0.25, 0.3) is 0 Å². The zero-order chi connectivity index (χ0) is 17.5. The topological polar surface area (TPSA) is 95.2 Å². The maximum absolute atomic E-state index is 5.99. The average molecular weight is 367 g/mol. The molecule has 2 aromatic rings. The summed E-state index contributed by atoms with van der Waals surface area (Å²) in [7, 11) is 1.55. The maximum atomic E-state index is 5.99. The molecule has 126 valence electrons. The fourth-order valence-corrected chi connectivity index (χ4v) is 2.16. The summed E-state index contributed by atoms with van der Waals surface area (Å²) < 4.78 is 11.1. The zero-order valence-electron chi connectivity index (χ0n) is 12.9. The lowest BCUT2D eigenvalue weighted by molar-refractivity contribution is 0.284. The summed E-state index contributed by atoms with van der Waals surface area (Å²) in [5.41, 5.74) is 12.1. The minimum absolute atomic E-state index is 0.111. The highest BCUT2D eigenvalue weighted by Gasteiger charge is 2.06. The molecule has 0 saturated heterocycles. The highest BCUT2D eigenvalue weighted by Crippen LogP contribution is 2.29. The number of benzene rings is 2. The van der Waals surface area contributed by atoms with Gasteiger partial charge in [-0.3, -0.25) is 0 Å². The lowest BCUT2D eigenvalue weighted by Crippen LogP contribution is -2.21. The van der Waals surface area contributed by atoms with Crippen LogP contribution < -0.4 is 20.9 Å². The maximum Gasteiger partial charge on any atom is 0.211 e. The summed E-state index contributed by atoms with van der Waals surface area (Å²) >= 11 is 11.9. The van der Waals surface area contributed by atoms with Crippen molar-refractivity contribution < 1.29 is 9.47 Å². The van der Waals surface area contributed by atoms with Gasteiger partial charge in [-0.25, -0.2) is 0 Å². The van der Waals surface area contributed by atoms with Crippen LogP contribution in [0.2, 0.25) is 10.0 Å². The summed E-state index contributed by atoms with van der Waals surface area (Å²) in [4.78, 5) is 0. The van der Waals surface area contributed by atoms with Crippen molar-refractivity contribution in [3.05, 3.63) is 57.6 Å². The first-order valence-electron chi connectivity index (χ1n) is 6.86. The largest absolute Gasteiger partial charge is 0.493 e. The summed E-state index contributed by atoms with van der Waals surface area (Å²) in [5, 5.41) is 8.27. The Bertz CT molecular complexity index is 775. The van der Waals surface area contributed by atoms with E-state index in [0.717, 1.165) is 11.1 Å². The highest BCUT2D eigenvalue weighted by atomic mass is 35.5. The highest BCUT2D eigenvalue weighted by molar-refractivity contribution is 6.42. The number of hydrogen-bond donors (Lipinski definition) is 2. The predicted molar refractivity (Wildman–Crippen MR) is 97.2 cm³/mol. The summed E-state index contributed by atoms with van der Waals surface area (Å²) in [6.07, 6.45) is 1.50. The standard InChI is InChI=1S/C16H16Cl2N4O2/c1-23-15-7-10(8-21-22-16(19)20)3-5-14(15)24-9-11-2-4-12(17)13(18)6-11/h2-8H,9H2,1H3,(H4,19,20,22)/b21-8+. The molecule has 0 unspecified atom stereocenters. The fraction of sp³-hybridized carbons (Fsp3) is 0.125. The molecule has 0 heterocycles. The van der Waals surface area contributed by atoms with Crippen molar-refractivity contribution in [1.82, 2.24) is 0 Å². The Morgan fingerprint density at radius 2 is 1.88 bits per heavy atom. The average Bonchev–Trinajstić information content (AvgIpc) is 2.56. The second-order valence-corrected chi connectivity index (χ2v) is 5.53. The van der Waals surface area contributed by atoms with Gasteiger partial charge in [-0.1, -0.05) is 29.3 Å². The molecule has 24 heavy (non-hydrogen) atoms. The lowest BCUT2D eigenvalue weighted by atomic mass is 10.2. The Morgan fingerprint density at radius 1 is 1.08 bits per heavy atom. The number of hydrogen-bond acceptors (Lipinski definition) is 4. The third kappa shape index (κ3) is 5.04. The molecule has 6 nitrogen and oxygen atoms in total. The number of methoxy groups -OCH3 is 1. The second-order valence-electron chi connectivity index (χ2n) is 4.72. The van der Waals surface area contributed by atoms with Crippen LogP contribution in [0.4, 0.5) is 0 Å². The molecule has 0 bridgehead atoms. The third-order valence-corrected chi connectivity index (χ3v) is 3.69. The smallest absolute Gasteiger partial charge is 0.211 e. The van der Waals surface area contributed by atoms with Gasteiger partial charge in [0, 0.05) is 0 Å². The fourth-order valence-electron chi connectivity index (χ4n) is 1.84. The molecule has 0 aromatic heterocycles. The van der Waals surface area contributed by atoms with Gasteiger partial charge < -0.3 is 20.9 Å². The molecule has 2 rings (SSSR count). The van der Waals surface area contributed by atoms with E-state index in [2.05, 4.69) is 10.2 Å². The molecule has 0 aliphatic carbocycles. The van der Waals surface area contributed by atoms with Crippen LogP contribution in [0.3, 0.4) is 0 Å². The first-order chi connectivity index (χ1) is 11.5. The minimum Gasteiger partial charge on any atom is -0.493 e. The van der Waals surface area contributed by atoms with E-state index in [1.54, 1.807) is 37.4 Å². The number of rotatable bonds is 6. The molecule has 4 N–H and O–H groups in total. The minimum atomic E-state index is -0.111. The van der Waals surface area contributed by atoms with Crippen molar-refractivity contribution >= 4 is 35.4 Å². The molecule has 0 aliphatic rings. The zero-order valence-corrected chi connectivity index (χ0v) is 14.4. The van der Waals surface area contributed by atoms with E-state index in [9.17, 15) is 0 Å². The van der Waals surface area contributed by atoms with E-state index >= 15 is 0 Å². The Balaban J connectivity index is 2.11. The van der Waals surface area contributed by atoms with Gasteiger partial charge in [0.1, 0.15) is 6.61 Å².